The summed E-state index contributed by atoms with van der Waals surface area (Å²) in [6, 6.07) is 14.1. The Hall–Kier alpha value is -2.90. The highest BCUT2D eigenvalue weighted by Gasteiger charge is 2.14. The predicted octanol–water partition coefficient (Wildman–Crippen LogP) is 4.46. The molecular formula is C23H27N3O3S. The number of nitrogens with one attached hydrogen (secondary N) is 1. The largest absolute Gasteiger partial charge is 0.497 e. The molecule has 7 heteroatoms. The van der Waals surface area contributed by atoms with Crippen LogP contribution in [0.4, 0.5) is 5.13 Å². The van der Waals surface area contributed by atoms with Gasteiger partial charge in [0.1, 0.15) is 11.5 Å². The molecule has 0 saturated carbocycles. The second-order valence-electron chi connectivity index (χ2n) is 6.99. The van der Waals surface area contributed by atoms with Crippen molar-refractivity contribution >= 4 is 22.4 Å². The van der Waals surface area contributed by atoms with E-state index in [0.29, 0.717) is 23.2 Å². The summed E-state index contributed by atoms with van der Waals surface area (Å²) in [6.07, 6.45) is 1.02. The number of thiazole rings is 1. The van der Waals surface area contributed by atoms with E-state index in [4.69, 9.17) is 9.47 Å². The number of aromatic nitrogens is 1. The van der Waals surface area contributed by atoms with Crippen molar-refractivity contribution in [3.05, 3.63) is 59.0 Å². The van der Waals surface area contributed by atoms with Crippen LogP contribution in [-0.4, -0.2) is 43.6 Å². The Morgan fingerprint density at radius 1 is 1.10 bits per heavy atom. The molecule has 1 amide bonds. The molecule has 6 nitrogen and oxygen atoms in total. The maximum atomic E-state index is 12.4. The Morgan fingerprint density at radius 2 is 1.83 bits per heavy atom. The van der Waals surface area contributed by atoms with E-state index < -0.39 is 0 Å². The molecular weight excluding hydrogens is 398 g/mol. The highest BCUT2D eigenvalue weighted by molar-refractivity contribution is 7.14. The lowest BCUT2D eigenvalue weighted by Gasteiger charge is -2.16. The molecule has 0 unspecified atom stereocenters. The normalized spacial score (nSPS) is 10.8. The minimum absolute atomic E-state index is 0.0923. The minimum Gasteiger partial charge on any atom is -0.497 e. The molecule has 0 aliphatic rings. The summed E-state index contributed by atoms with van der Waals surface area (Å²) in [4.78, 5) is 19.0. The van der Waals surface area contributed by atoms with Crippen molar-refractivity contribution in [2.75, 3.05) is 33.1 Å². The van der Waals surface area contributed by atoms with Gasteiger partial charge >= 0.3 is 0 Å². The Morgan fingerprint density at radius 3 is 2.50 bits per heavy atom. The fraction of sp³-hybridized carbons (Fsp3) is 0.304. The third-order valence-electron chi connectivity index (χ3n) is 4.73. The van der Waals surface area contributed by atoms with Crippen LogP contribution in [-0.2, 0) is 17.8 Å². The van der Waals surface area contributed by atoms with E-state index in [9.17, 15) is 4.79 Å². The molecule has 2 aromatic carbocycles. The number of ether oxygens (including phenoxy) is 2. The topological polar surface area (TPSA) is 63.7 Å². The molecule has 3 rings (SSSR count). The fourth-order valence-electron chi connectivity index (χ4n) is 3.12. The Labute approximate surface area is 181 Å². The molecule has 0 fully saturated rings. The Kier molecular flexibility index (Phi) is 7.43. The highest BCUT2D eigenvalue weighted by Crippen LogP contribution is 2.34. The average Bonchev–Trinajstić information content (AvgIpc) is 3.21. The molecule has 3 aromatic rings. The van der Waals surface area contributed by atoms with E-state index in [0.717, 1.165) is 17.7 Å². The number of benzene rings is 2. The number of carbonyl (C=O) groups is 1. The van der Waals surface area contributed by atoms with E-state index in [2.05, 4.69) is 41.5 Å². The van der Waals surface area contributed by atoms with Gasteiger partial charge in [-0.3, -0.25) is 9.69 Å². The first-order valence-corrected chi connectivity index (χ1v) is 10.6. The molecule has 0 aliphatic heterocycles. The second-order valence-corrected chi connectivity index (χ2v) is 7.85. The number of anilines is 1. The van der Waals surface area contributed by atoms with Gasteiger partial charge in [-0.1, -0.05) is 31.2 Å². The van der Waals surface area contributed by atoms with Crippen LogP contribution < -0.4 is 14.8 Å². The van der Waals surface area contributed by atoms with E-state index in [1.165, 1.54) is 22.5 Å². The van der Waals surface area contributed by atoms with E-state index in [1.807, 2.05) is 35.5 Å². The molecule has 0 saturated heterocycles. The summed E-state index contributed by atoms with van der Waals surface area (Å²) in [5.41, 5.74) is 4.10. The average molecular weight is 426 g/mol. The van der Waals surface area contributed by atoms with Crippen LogP contribution in [0.3, 0.4) is 0 Å². The van der Waals surface area contributed by atoms with Crippen molar-refractivity contribution in [3.63, 3.8) is 0 Å². The summed E-state index contributed by atoms with van der Waals surface area (Å²) < 4.78 is 10.7. The molecule has 1 heterocycles. The monoisotopic (exact) mass is 425 g/mol. The number of nitrogens with zero attached hydrogens (tertiary/aromatic N) is 2. The number of aryl methyl sites for hydroxylation is 1. The van der Waals surface area contributed by atoms with Crippen molar-refractivity contribution in [1.82, 2.24) is 9.88 Å². The van der Waals surface area contributed by atoms with Crippen LogP contribution in [0.15, 0.2) is 47.8 Å². The van der Waals surface area contributed by atoms with Crippen molar-refractivity contribution in [1.29, 1.82) is 0 Å². The number of carbonyl (C=O) groups excluding carboxylic acids is 1. The van der Waals surface area contributed by atoms with Gasteiger partial charge in [0.2, 0.25) is 5.91 Å². The summed E-state index contributed by atoms with van der Waals surface area (Å²) in [6.45, 7) is 3.14. The van der Waals surface area contributed by atoms with Crippen molar-refractivity contribution in [2.45, 2.75) is 19.9 Å². The number of amides is 1. The van der Waals surface area contributed by atoms with Gasteiger partial charge in [-0.05, 0) is 36.7 Å². The van der Waals surface area contributed by atoms with Crippen LogP contribution in [0.1, 0.15) is 18.1 Å². The van der Waals surface area contributed by atoms with E-state index in [-0.39, 0.29) is 12.5 Å². The van der Waals surface area contributed by atoms with Gasteiger partial charge in [-0.25, -0.2) is 4.98 Å². The zero-order valence-electron chi connectivity index (χ0n) is 17.8. The number of likely N-dealkylation sites (N-methyl/N-ethyl adjacent to an activating group) is 1. The first kappa shape index (κ1) is 21.8. The van der Waals surface area contributed by atoms with Gasteiger partial charge in [-0.2, -0.15) is 0 Å². The first-order chi connectivity index (χ1) is 14.5. The summed E-state index contributed by atoms with van der Waals surface area (Å²) >= 11 is 1.39. The Balaban J connectivity index is 1.59. The molecule has 0 radical (unpaired) electrons. The number of rotatable bonds is 9. The minimum atomic E-state index is -0.0923. The predicted molar refractivity (Wildman–Crippen MR) is 121 cm³/mol. The molecule has 0 spiro atoms. The van der Waals surface area contributed by atoms with Crippen LogP contribution in [0, 0.1) is 0 Å². The van der Waals surface area contributed by atoms with Gasteiger partial charge < -0.3 is 14.8 Å². The Bertz CT molecular complexity index is 986. The smallest absolute Gasteiger partial charge is 0.240 e. The molecule has 0 aliphatic carbocycles. The lowest BCUT2D eigenvalue weighted by molar-refractivity contribution is -0.117. The molecule has 0 atom stereocenters. The van der Waals surface area contributed by atoms with Crippen molar-refractivity contribution in [2.24, 2.45) is 0 Å². The molecule has 30 heavy (non-hydrogen) atoms. The molecule has 1 N–H and O–H groups in total. The van der Waals surface area contributed by atoms with Crippen LogP contribution in [0.2, 0.25) is 0 Å². The van der Waals surface area contributed by atoms with Gasteiger partial charge in [0.15, 0.2) is 5.13 Å². The highest BCUT2D eigenvalue weighted by atomic mass is 32.1. The van der Waals surface area contributed by atoms with Crippen LogP contribution in [0.25, 0.3) is 11.3 Å². The van der Waals surface area contributed by atoms with Gasteiger partial charge in [-0.15, -0.1) is 11.3 Å². The number of hydrogen-bond donors (Lipinski definition) is 1. The second kappa shape index (κ2) is 10.2. The molecule has 1 aromatic heterocycles. The van der Waals surface area contributed by atoms with Crippen molar-refractivity contribution < 1.29 is 14.3 Å². The summed E-state index contributed by atoms with van der Waals surface area (Å²) in [5.74, 6) is 1.29. The third-order valence-corrected chi connectivity index (χ3v) is 5.49. The van der Waals surface area contributed by atoms with Gasteiger partial charge in [0.25, 0.3) is 0 Å². The standard InChI is InChI=1S/C23H27N3O3S/c1-5-16-6-8-17(9-7-16)13-26(2)14-22(27)25-23-24-20(15-30-23)19-11-10-18(28-3)12-21(19)29-4/h6-12,15H,5,13-14H2,1-4H3,(H,24,25,27). The molecule has 158 valence electrons. The summed E-state index contributed by atoms with van der Waals surface area (Å²) in [7, 11) is 5.16. The summed E-state index contributed by atoms with van der Waals surface area (Å²) in [5, 5.41) is 5.35. The maximum Gasteiger partial charge on any atom is 0.240 e. The maximum absolute atomic E-state index is 12.4. The lowest BCUT2D eigenvalue weighted by atomic mass is 10.1. The molecule has 0 bridgehead atoms. The quantitative estimate of drug-likeness (QED) is 0.548. The van der Waals surface area contributed by atoms with Crippen molar-refractivity contribution in [3.8, 4) is 22.8 Å². The fourth-order valence-corrected chi connectivity index (χ4v) is 3.84. The van der Waals surface area contributed by atoms with Crippen LogP contribution >= 0.6 is 11.3 Å². The lowest BCUT2D eigenvalue weighted by Crippen LogP contribution is -2.29. The van der Waals surface area contributed by atoms with E-state index in [1.54, 1.807) is 14.2 Å². The third kappa shape index (κ3) is 5.58. The number of hydrogen-bond acceptors (Lipinski definition) is 6. The number of methoxy groups -OCH3 is 2. The van der Waals surface area contributed by atoms with Crippen LogP contribution in [0.5, 0.6) is 11.5 Å². The zero-order chi connectivity index (χ0) is 21.5. The van der Waals surface area contributed by atoms with Gasteiger partial charge in [0, 0.05) is 23.6 Å². The van der Waals surface area contributed by atoms with Gasteiger partial charge in [0.05, 0.1) is 26.5 Å². The van der Waals surface area contributed by atoms with E-state index >= 15 is 0 Å². The zero-order valence-corrected chi connectivity index (χ0v) is 18.6. The SMILES string of the molecule is CCc1ccc(CN(C)CC(=O)Nc2nc(-c3ccc(OC)cc3OC)cs2)cc1. The first-order valence-electron chi connectivity index (χ1n) is 9.76.